The molecular weight excluding hydrogens is 216 g/mol. The molecule has 0 rings (SSSR count). The minimum Gasteiger partial charge on any atom is -0.395 e. The summed E-state index contributed by atoms with van der Waals surface area (Å²) in [7, 11) is 4.41. The van der Waals surface area contributed by atoms with Crippen molar-refractivity contribution in [3.05, 3.63) is 0 Å². The topological polar surface area (TPSA) is 92.2 Å². The van der Waals surface area contributed by atoms with Crippen molar-refractivity contribution in [3.8, 4) is 0 Å². The van der Waals surface area contributed by atoms with Crippen LogP contribution in [0.2, 0.25) is 0 Å². The second-order valence-corrected chi connectivity index (χ2v) is 3.02. The minimum atomic E-state index is -1.20. The first-order chi connectivity index (χ1) is 7.70. The number of aliphatic hydroxyl groups is 2. The van der Waals surface area contributed by atoms with Crippen LogP contribution in [0.4, 0.5) is 0 Å². The Balaban J connectivity index is 4.53. The van der Waals surface area contributed by atoms with E-state index in [9.17, 15) is 0 Å². The fourth-order valence-corrected chi connectivity index (χ4v) is 1.33. The Kier molecular flexibility index (Phi) is 8.67. The molecule has 0 fully saturated rings. The molecule has 0 aromatic rings. The van der Waals surface area contributed by atoms with E-state index in [1.165, 1.54) is 21.3 Å². The number of hydrogen-bond acceptors (Lipinski definition) is 7. The summed E-state index contributed by atoms with van der Waals surface area (Å²) < 4.78 is 15.6. The van der Waals surface area contributed by atoms with Gasteiger partial charge in [0.1, 0.15) is 0 Å². The van der Waals surface area contributed by atoms with E-state index in [2.05, 4.69) is 10.6 Å². The van der Waals surface area contributed by atoms with Crippen molar-refractivity contribution >= 4 is 0 Å². The lowest BCUT2D eigenvalue weighted by Crippen LogP contribution is -2.64. The van der Waals surface area contributed by atoms with Crippen molar-refractivity contribution in [1.29, 1.82) is 0 Å². The third-order valence-electron chi connectivity index (χ3n) is 2.11. The number of aliphatic hydroxyl groups excluding tert-OH is 2. The Bertz CT molecular complexity index is 166. The standard InChI is InChI=1S/C9H22N2O5/c1-14-8(10-4-6-12)9(15-2,16-3)11-5-7-13/h8,10-13H,4-7H2,1-3H3. The summed E-state index contributed by atoms with van der Waals surface area (Å²) in [6, 6.07) is 0. The molecule has 0 bridgehead atoms. The highest BCUT2D eigenvalue weighted by molar-refractivity contribution is 4.76. The molecule has 0 spiro atoms. The van der Waals surface area contributed by atoms with Crippen LogP contribution in [-0.2, 0) is 14.2 Å². The molecule has 0 aliphatic heterocycles. The van der Waals surface area contributed by atoms with Crippen molar-refractivity contribution in [3.63, 3.8) is 0 Å². The third kappa shape index (κ3) is 4.30. The Hall–Kier alpha value is -0.280. The number of hydrogen-bond donors (Lipinski definition) is 4. The molecule has 0 aromatic heterocycles. The van der Waals surface area contributed by atoms with E-state index < -0.39 is 12.1 Å². The van der Waals surface area contributed by atoms with Crippen LogP contribution in [0.5, 0.6) is 0 Å². The predicted octanol–water partition coefficient (Wildman–Crippen LogP) is -1.93. The van der Waals surface area contributed by atoms with Crippen molar-refractivity contribution in [1.82, 2.24) is 10.6 Å². The third-order valence-corrected chi connectivity index (χ3v) is 2.11. The molecule has 4 N–H and O–H groups in total. The van der Waals surface area contributed by atoms with Gasteiger partial charge < -0.3 is 24.4 Å². The molecule has 0 aliphatic rings. The molecular formula is C9H22N2O5. The van der Waals surface area contributed by atoms with Gasteiger partial charge in [-0.15, -0.1) is 0 Å². The lowest BCUT2D eigenvalue weighted by atomic mass is 10.3. The number of nitrogens with one attached hydrogen (secondary N) is 2. The van der Waals surface area contributed by atoms with Gasteiger partial charge in [0.15, 0.2) is 6.23 Å². The Morgan fingerprint density at radius 2 is 1.62 bits per heavy atom. The first kappa shape index (κ1) is 15.7. The molecule has 0 saturated carbocycles. The van der Waals surface area contributed by atoms with E-state index in [-0.39, 0.29) is 13.2 Å². The van der Waals surface area contributed by atoms with Crippen molar-refractivity contribution < 1.29 is 24.4 Å². The highest BCUT2D eigenvalue weighted by atomic mass is 16.7. The highest BCUT2D eigenvalue weighted by Gasteiger charge is 2.39. The van der Waals surface area contributed by atoms with Crippen LogP contribution in [0, 0.1) is 0 Å². The molecule has 1 unspecified atom stereocenters. The van der Waals surface area contributed by atoms with E-state index in [1.54, 1.807) is 0 Å². The van der Waals surface area contributed by atoms with Crippen LogP contribution < -0.4 is 10.6 Å². The minimum absolute atomic E-state index is 0.0244. The van der Waals surface area contributed by atoms with E-state index in [0.29, 0.717) is 13.1 Å². The van der Waals surface area contributed by atoms with E-state index >= 15 is 0 Å². The van der Waals surface area contributed by atoms with Crippen LogP contribution in [0.15, 0.2) is 0 Å². The second kappa shape index (κ2) is 8.82. The number of methoxy groups -OCH3 is 3. The van der Waals surface area contributed by atoms with Gasteiger partial charge in [-0.1, -0.05) is 0 Å². The SMILES string of the molecule is COC(NCCO)C(NCCO)(OC)OC. The molecule has 0 radical (unpaired) electrons. The number of rotatable bonds is 10. The van der Waals surface area contributed by atoms with Gasteiger partial charge in [-0.2, -0.15) is 0 Å². The van der Waals surface area contributed by atoms with Crippen molar-refractivity contribution in [2.75, 3.05) is 47.6 Å². The molecule has 7 nitrogen and oxygen atoms in total. The molecule has 0 aromatic carbocycles. The molecule has 0 amide bonds. The van der Waals surface area contributed by atoms with Gasteiger partial charge in [0.2, 0.25) is 0 Å². The molecule has 7 heteroatoms. The first-order valence-electron chi connectivity index (χ1n) is 5.04. The predicted molar refractivity (Wildman–Crippen MR) is 57.7 cm³/mol. The van der Waals surface area contributed by atoms with E-state index in [0.717, 1.165) is 0 Å². The van der Waals surface area contributed by atoms with Crippen molar-refractivity contribution in [2.45, 2.75) is 12.1 Å². The van der Waals surface area contributed by atoms with Gasteiger partial charge in [-0.3, -0.25) is 10.6 Å². The molecule has 0 aliphatic carbocycles. The lowest BCUT2D eigenvalue weighted by Gasteiger charge is -2.37. The van der Waals surface area contributed by atoms with Crippen LogP contribution >= 0.6 is 0 Å². The monoisotopic (exact) mass is 238 g/mol. The summed E-state index contributed by atoms with van der Waals surface area (Å²) in [6.45, 7) is 0.560. The van der Waals surface area contributed by atoms with Gasteiger partial charge in [-0.25, -0.2) is 0 Å². The second-order valence-electron chi connectivity index (χ2n) is 3.02. The van der Waals surface area contributed by atoms with Crippen LogP contribution in [0.25, 0.3) is 0 Å². The first-order valence-corrected chi connectivity index (χ1v) is 5.04. The molecule has 0 heterocycles. The van der Waals surface area contributed by atoms with Gasteiger partial charge in [0.25, 0.3) is 5.91 Å². The zero-order valence-electron chi connectivity index (χ0n) is 10.0. The van der Waals surface area contributed by atoms with Gasteiger partial charge in [0, 0.05) is 34.4 Å². The molecule has 98 valence electrons. The maximum absolute atomic E-state index is 8.78. The molecule has 0 saturated heterocycles. The quantitative estimate of drug-likeness (QED) is 0.329. The molecule has 1 atom stereocenters. The lowest BCUT2D eigenvalue weighted by molar-refractivity contribution is -0.290. The van der Waals surface area contributed by atoms with Gasteiger partial charge in [-0.05, 0) is 0 Å². The van der Waals surface area contributed by atoms with E-state index in [4.69, 9.17) is 24.4 Å². The summed E-state index contributed by atoms with van der Waals surface area (Å²) in [5, 5.41) is 23.3. The average Bonchev–Trinajstić information content (AvgIpc) is 2.34. The smallest absolute Gasteiger partial charge is 0.268 e. The average molecular weight is 238 g/mol. The van der Waals surface area contributed by atoms with Gasteiger partial charge in [0.05, 0.1) is 13.2 Å². The summed E-state index contributed by atoms with van der Waals surface area (Å²) in [5.41, 5.74) is 0. The fraction of sp³-hybridized carbons (Fsp3) is 1.00. The highest BCUT2D eigenvalue weighted by Crippen LogP contribution is 2.13. The fourth-order valence-electron chi connectivity index (χ4n) is 1.33. The summed E-state index contributed by atoms with van der Waals surface area (Å²) in [4.78, 5) is 0. The van der Waals surface area contributed by atoms with Crippen LogP contribution in [0.1, 0.15) is 0 Å². The van der Waals surface area contributed by atoms with Crippen LogP contribution in [0.3, 0.4) is 0 Å². The molecule has 16 heavy (non-hydrogen) atoms. The zero-order valence-corrected chi connectivity index (χ0v) is 10.0. The van der Waals surface area contributed by atoms with Crippen molar-refractivity contribution in [2.24, 2.45) is 0 Å². The summed E-state index contributed by atoms with van der Waals surface area (Å²) >= 11 is 0. The van der Waals surface area contributed by atoms with Crippen LogP contribution in [-0.4, -0.2) is 70.0 Å². The Labute approximate surface area is 95.7 Å². The zero-order chi connectivity index (χ0) is 12.4. The largest absolute Gasteiger partial charge is 0.395 e. The summed E-state index contributed by atoms with van der Waals surface area (Å²) in [6.07, 6.45) is -0.610. The maximum atomic E-state index is 8.78. The Morgan fingerprint density at radius 3 is 2.00 bits per heavy atom. The summed E-state index contributed by atoms with van der Waals surface area (Å²) in [5.74, 6) is -1.20. The maximum Gasteiger partial charge on any atom is 0.268 e. The normalized spacial score (nSPS) is 14.1. The Morgan fingerprint density at radius 1 is 1.06 bits per heavy atom. The number of ether oxygens (including phenoxy) is 3. The van der Waals surface area contributed by atoms with E-state index in [1.807, 2.05) is 0 Å². The van der Waals surface area contributed by atoms with Gasteiger partial charge >= 0.3 is 0 Å².